The molecular formula is C19H24N2O4S2. The van der Waals surface area contributed by atoms with Crippen molar-refractivity contribution < 1.29 is 17.9 Å². The topological polar surface area (TPSA) is 75.7 Å². The lowest BCUT2D eigenvalue weighted by molar-refractivity contribution is 0.0657. The standard InChI is InChI=1S/C19H24N2O4S2/c1-3-17-16-8-12-26-18(16)7-10-21(17)19(22)14-5-4-6-15(13-14)27(23,24)20-9-11-25-2/h4-6,8,12-13,17,20H,3,7,9-11H2,1-2H3. The second-order valence-electron chi connectivity index (χ2n) is 6.39. The zero-order valence-electron chi connectivity index (χ0n) is 15.5. The van der Waals surface area contributed by atoms with E-state index in [-0.39, 0.29) is 30.0 Å². The maximum atomic E-state index is 13.1. The molecule has 0 fully saturated rings. The molecule has 1 aliphatic rings. The Bertz CT molecular complexity index is 908. The van der Waals surface area contributed by atoms with Gasteiger partial charge in [-0.1, -0.05) is 13.0 Å². The average molecular weight is 409 g/mol. The predicted octanol–water partition coefficient (Wildman–Crippen LogP) is 2.82. The van der Waals surface area contributed by atoms with Gasteiger partial charge < -0.3 is 9.64 Å². The fourth-order valence-corrected chi connectivity index (χ4v) is 5.39. The largest absolute Gasteiger partial charge is 0.383 e. The Labute approximate surface area is 164 Å². The number of methoxy groups -OCH3 is 1. The van der Waals surface area contributed by atoms with Gasteiger partial charge in [0.15, 0.2) is 0 Å². The highest BCUT2D eigenvalue weighted by molar-refractivity contribution is 7.89. The third-order valence-corrected chi connectivity index (χ3v) is 7.19. The van der Waals surface area contributed by atoms with Crippen LogP contribution in [-0.2, 0) is 21.2 Å². The first-order chi connectivity index (χ1) is 13.0. The van der Waals surface area contributed by atoms with Crippen LogP contribution in [0.15, 0.2) is 40.6 Å². The number of sulfonamides is 1. The summed E-state index contributed by atoms with van der Waals surface area (Å²) >= 11 is 1.73. The maximum Gasteiger partial charge on any atom is 0.254 e. The summed E-state index contributed by atoms with van der Waals surface area (Å²) in [6.45, 7) is 3.18. The van der Waals surface area contributed by atoms with E-state index in [0.717, 1.165) is 12.8 Å². The van der Waals surface area contributed by atoms with Gasteiger partial charge >= 0.3 is 0 Å². The average Bonchev–Trinajstić information content (AvgIpc) is 3.15. The van der Waals surface area contributed by atoms with Gasteiger partial charge in [0.25, 0.3) is 5.91 Å². The lowest BCUT2D eigenvalue weighted by Gasteiger charge is -2.35. The van der Waals surface area contributed by atoms with E-state index in [1.807, 2.05) is 4.90 Å². The second-order valence-corrected chi connectivity index (χ2v) is 9.16. The van der Waals surface area contributed by atoms with Crippen LogP contribution in [0, 0.1) is 0 Å². The van der Waals surface area contributed by atoms with Gasteiger partial charge in [-0.05, 0) is 48.1 Å². The molecule has 1 aromatic heterocycles. The highest BCUT2D eigenvalue weighted by Gasteiger charge is 2.31. The number of fused-ring (bicyclic) bond motifs is 1. The maximum absolute atomic E-state index is 13.1. The second kappa shape index (κ2) is 8.52. The van der Waals surface area contributed by atoms with E-state index >= 15 is 0 Å². The van der Waals surface area contributed by atoms with E-state index in [9.17, 15) is 13.2 Å². The summed E-state index contributed by atoms with van der Waals surface area (Å²) in [5.74, 6) is -0.132. The van der Waals surface area contributed by atoms with E-state index in [4.69, 9.17) is 4.74 Å². The molecule has 1 atom stereocenters. The molecule has 2 aromatic rings. The van der Waals surface area contributed by atoms with Crippen molar-refractivity contribution in [2.45, 2.75) is 30.7 Å². The van der Waals surface area contributed by atoms with Crippen LogP contribution in [0.25, 0.3) is 0 Å². The number of nitrogens with one attached hydrogen (secondary N) is 1. The van der Waals surface area contributed by atoms with Gasteiger partial charge in [0.1, 0.15) is 0 Å². The van der Waals surface area contributed by atoms with Crippen LogP contribution in [0.5, 0.6) is 0 Å². The molecule has 3 rings (SSSR count). The van der Waals surface area contributed by atoms with Crippen LogP contribution in [-0.4, -0.2) is 46.0 Å². The molecule has 6 nitrogen and oxygen atoms in total. The summed E-state index contributed by atoms with van der Waals surface area (Å²) in [5, 5.41) is 2.07. The minimum atomic E-state index is -3.68. The molecule has 0 radical (unpaired) electrons. The van der Waals surface area contributed by atoms with Crippen molar-refractivity contribution in [2.24, 2.45) is 0 Å². The number of thiophene rings is 1. The molecule has 1 N–H and O–H groups in total. The summed E-state index contributed by atoms with van der Waals surface area (Å²) < 4.78 is 32.2. The number of carbonyl (C=O) groups is 1. The molecule has 1 aromatic carbocycles. The number of amides is 1. The lowest BCUT2D eigenvalue weighted by Crippen LogP contribution is -2.39. The Morgan fingerprint density at radius 3 is 2.93 bits per heavy atom. The van der Waals surface area contributed by atoms with Crippen molar-refractivity contribution in [3.8, 4) is 0 Å². The number of hydrogen-bond acceptors (Lipinski definition) is 5. The number of rotatable bonds is 7. The van der Waals surface area contributed by atoms with Gasteiger partial charge in [-0.15, -0.1) is 11.3 Å². The number of hydrogen-bond donors (Lipinski definition) is 1. The fourth-order valence-electron chi connectivity index (χ4n) is 3.40. The molecule has 1 unspecified atom stereocenters. The fraction of sp³-hybridized carbons (Fsp3) is 0.421. The molecule has 0 saturated heterocycles. The number of benzene rings is 1. The van der Waals surface area contributed by atoms with E-state index in [1.165, 1.54) is 29.7 Å². The molecule has 0 saturated carbocycles. The predicted molar refractivity (Wildman–Crippen MR) is 106 cm³/mol. The van der Waals surface area contributed by atoms with Crippen LogP contribution >= 0.6 is 11.3 Å². The van der Waals surface area contributed by atoms with E-state index in [2.05, 4.69) is 23.1 Å². The molecule has 0 aliphatic carbocycles. The van der Waals surface area contributed by atoms with Crippen LogP contribution in [0.2, 0.25) is 0 Å². The monoisotopic (exact) mass is 408 g/mol. The first-order valence-corrected chi connectivity index (χ1v) is 11.3. The van der Waals surface area contributed by atoms with Crippen molar-refractivity contribution in [3.05, 3.63) is 51.7 Å². The van der Waals surface area contributed by atoms with Gasteiger partial charge in [-0.2, -0.15) is 0 Å². The van der Waals surface area contributed by atoms with Gasteiger partial charge in [0.05, 0.1) is 17.5 Å². The molecule has 2 heterocycles. The zero-order valence-corrected chi connectivity index (χ0v) is 17.1. The summed E-state index contributed by atoms with van der Waals surface area (Å²) in [6.07, 6.45) is 1.66. The minimum absolute atomic E-state index is 0.0348. The van der Waals surface area contributed by atoms with Gasteiger partial charge in [-0.25, -0.2) is 13.1 Å². The first-order valence-electron chi connectivity index (χ1n) is 8.94. The molecule has 0 spiro atoms. The van der Waals surface area contributed by atoms with Gasteiger partial charge in [0.2, 0.25) is 10.0 Å². The van der Waals surface area contributed by atoms with E-state index in [0.29, 0.717) is 12.1 Å². The van der Waals surface area contributed by atoms with Crippen LogP contribution in [0.1, 0.15) is 40.2 Å². The Balaban J connectivity index is 1.84. The summed E-state index contributed by atoms with van der Waals surface area (Å²) in [5.41, 5.74) is 1.61. The van der Waals surface area contributed by atoms with E-state index in [1.54, 1.807) is 23.5 Å². The van der Waals surface area contributed by atoms with E-state index < -0.39 is 10.0 Å². The molecular weight excluding hydrogens is 384 g/mol. The van der Waals surface area contributed by atoms with Gasteiger partial charge in [0, 0.05) is 30.6 Å². The van der Waals surface area contributed by atoms with Crippen molar-refractivity contribution >= 4 is 27.3 Å². The number of nitrogens with zero attached hydrogens (tertiary/aromatic N) is 1. The molecule has 8 heteroatoms. The molecule has 27 heavy (non-hydrogen) atoms. The normalized spacial score (nSPS) is 17.0. The molecule has 1 aliphatic heterocycles. The smallest absolute Gasteiger partial charge is 0.254 e. The SMILES string of the molecule is CCC1c2ccsc2CCN1C(=O)c1cccc(S(=O)(=O)NCCOC)c1. The lowest BCUT2D eigenvalue weighted by atomic mass is 9.97. The summed E-state index contributed by atoms with van der Waals surface area (Å²) in [4.78, 5) is 16.4. The zero-order chi connectivity index (χ0) is 19.4. The quantitative estimate of drug-likeness (QED) is 0.715. The van der Waals surface area contributed by atoms with Crippen molar-refractivity contribution in [3.63, 3.8) is 0 Å². The van der Waals surface area contributed by atoms with Crippen LogP contribution in [0.3, 0.4) is 0 Å². The molecule has 0 bridgehead atoms. The van der Waals surface area contributed by atoms with Crippen LogP contribution < -0.4 is 4.72 Å². The van der Waals surface area contributed by atoms with Crippen molar-refractivity contribution in [1.82, 2.24) is 9.62 Å². The Hall–Kier alpha value is -1.74. The summed E-state index contributed by atoms with van der Waals surface area (Å²) in [7, 11) is -2.17. The minimum Gasteiger partial charge on any atom is -0.383 e. The van der Waals surface area contributed by atoms with Gasteiger partial charge in [-0.3, -0.25) is 4.79 Å². The number of carbonyl (C=O) groups excluding carboxylic acids is 1. The third kappa shape index (κ3) is 4.24. The highest BCUT2D eigenvalue weighted by Crippen LogP contribution is 2.36. The number of ether oxygens (including phenoxy) is 1. The van der Waals surface area contributed by atoms with Crippen LogP contribution in [0.4, 0.5) is 0 Å². The Kier molecular flexibility index (Phi) is 6.31. The first kappa shape index (κ1) is 20.0. The Morgan fingerprint density at radius 1 is 1.37 bits per heavy atom. The highest BCUT2D eigenvalue weighted by atomic mass is 32.2. The molecule has 146 valence electrons. The van der Waals surface area contributed by atoms with Crippen molar-refractivity contribution in [1.29, 1.82) is 0 Å². The molecule has 1 amide bonds. The summed E-state index contributed by atoms with van der Waals surface area (Å²) in [6, 6.07) is 8.36. The third-order valence-electron chi connectivity index (χ3n) is 4.73. The Morgan fingerprint density at radius 2 is 2.19 bits per heavy atom. The van der Waals surface area contributed by atoms with Crippen molar-refractivity contribution in [2.75, 3.05) is 26.8 Å².